The topological polar surface area (TPSA) is 30.5 Å². The smallest absolute Gasteiger partial charge is 0.179 e. The predicted molar refractivity (Wildman–Crippen MR) is 74.2 cm³/mol. The number of hydrogen-bond donors (Lipinski definition) is 1. The van der Waals surface area contributed by atoms with Crippen LogP contribution in [0.2, 0.25) is 10.0 Å². The van der Waals surface area contributed by atoms with E-state index in [1.165, 1.54) is 12.8 Å². The van der Waals surface area contributed by atoms with Crippen molar-refractivity contribution in [2.75, 3.05) is 20.3 Å². The Balaban J connectivity index is 1.95. The molecule has 0 saturated carbocycles. The fourth-order valence-corrected chi connectivity index (χ4v) is 2.71. The van der Waals surface area contributed by atoms with Crippen LogP contribution in [0.3, 0.4) is 0 Å². The fraction of sp³-hybridized carbons (Fsp3) is 0.538. The van der Waals surface area contributed by atoms with Gasteiger partial charge < -0.3 is 14.8 Å². The maximum atomic E-state index is 6.04. The molecule has 0 aliphatic carbocycles. The summed E-state index contributed by atoms with van der Waals surface area (Å²) in [5.74, 6) is 1.15. The van der Waals surface area contributed by atoms with Crippen molar-refractivity contribution in [2.24, 2.45) is 0 Å². The molecule has 1 saturated heterocycles. The summed E-state index contributed by atoms with van der Waals surface area (Å²) in [5, 5.41) is 4.45. The third kappa shape index (κ3) is 3.44. The minimum atomic E-state index is 0.471. The number of methoxy groups -OCH3 is 1. The first-order valence-corrected chi connectivity index (χ1v) is 6.85. The summed E-state index contributed by atoms with van der Waals surface area (Å²) >= 11 is 12.0. The molecule has 1 N–H and O–H groups in total. The third-order valence-electron chi connectivity index (χ3n) is 3.06. The van der Waals surface area contributed by atoms with Crippen molar-refractivity contribution in [3.8, 4) is 11.5 Å². The monoisotopic (exact) mass is 289 g/mol. The first-order chi connectivity index (χ1) is 8.70. The molecule has 5 heteroatoms. The normalized spacial score (nSPS) is 18.9. The lowest BCUT2D eigenvalue weighted by Gasteiger charge is -2.14. The summed E-state index contributed by atoms with van der Waals surface area (Å²) in [6, 6.07) is 3.94. The summed E-state index contributed by atoms with van der Waals surface area (Å²) in [6.07, 6.45) is 3.45. The van der Waals surface area contributed by atoms with Gasteiger partial charge in [0.05, 0.1) is 18.7 Å². The summed E-state index contributed by atoms with van der Waals surface area (Å²) < 4.78 is 10.9. The van der Waals surface area contributed by atoms with Gasteiger partial charge in [-0.25, -0.2) is 0 Å². The van der Waals surface area contributed by atoms with Gasteiger partial charge in [-0.05, 0) is 31.9 Å². The zero-order valence-electron chi connectivity index (χ0n) is 10.3. The highest BCUT2D eigenvalue weighted by Crippen LogP contribution is 2.37. The molecule has 1 aromatic carbocycles. The van der Waals surface area contributed by atoms with Crippen molar-refractivity contribution in [1.82, 2.24) is 5.32 Å². The first-order valence-electron chi connectivity index (χ1n) is 6.10. The Morgan fingerprint density at radius 1 is 1.39 bits per heavy atom. The Labute approximate surface area is 117 Å². The van der Waals surface area contributed by atoms with Crippen LogP contribution in [0.5, 0.6) is 11.5 Å². The molecule has 0 aromatic heterocycles. The van der Waals surface area contributed by atoms with Crippen LogP contribution >= 0.6 is 23.2 Å². The molecule has 3 nitrogen and oxygen atoms in total. The van der Waals surface area contributed by atoms with Crippen LogP contribution in [0.4, 0.5) is 0 Å². The molecule has 0 spiro atoms. The van der Waals surface area contributed by atoms with Crippen LogP contribution in [0.25, 0.3) is 0 Å². The highest BCUT2D eigenvalue weighted by atomic mass is 35.5. The zero-order chi connectivity index (χ0) is 13.0. The molecule has 1 aliphatic rings. The van der Waals surface area contributed by atoms with Crippen LogP contribution in [0.1, 0.15) is 19.3 Å². The molecular weight excluding hydrogens is 273 g/mol. The standard InChI is InChI=1S/C13H17Cl2NO2/c1-17-13-11(15)7-9(14)8-12(13)18-6-4-10-3-2-5-16-10/h7-8,10,16H,2-6H2,1H3. The average Bonchev–Trinajstić information content (AvgIpc) is 2.81. The van der Waals surface area contributed by atoms with Gasteiger partial charge in [-0.1, -0.05) is 23.2 Å². The maximum absolute atomic E-state index is 6.04. The summed E-state index contributed by atoms with van der Waals surface area (Å²) in [4.78, 5) is 0. The molecule has 2 rings (SSSR count). The van der Waals surface area contributed by atoms with Gasteiger partial charge in [0.15, 0.2) is 11.5 Å². The Kier molecular flexibility index (Phi) is 4.98. The van der Waals surface area contributed by atoms with Crippen LogP contribution < -0.4 is 14.8 Å². The van der Waals surface area contributed by atoms with Gasteiger partial charge in [-0.3, -0.25) is 0 Å². The van der Waals surface area contributed by atoms with Crippen LogP contribution in [-0.4, -0.2) is 26.3 Å². The highest BCUT2D eigenvalue weighted by molar-refractivity contribution is 6.35. The average molecular weight is 290 g/mol. The number of benzene rings is 1. The van der Waals surface area contributed by atoms with E-state index in [-0.39, 0.29) is 0 Å². The van der Waals surface area contributed by atoms with Crippen LogP contribution in [0, 0.1) is 0 Å². The SMILES string of the molecule is COc1c(Cl)cc(Cl)cc1OCCC1CCCN1. The Hall–Kier alpha value is -0.640. The van der Waals surface area contributed by atoms with Gasteiger partial charge in [0.25, 0.3) is 0 Å². The molecule has 0 radical (unpaired) electrons. The van der Waals surface area contributed by atoms with Gasteiger partial charge in [0.1, 0.15) is 0 Å². The lowest BCUT2D eigenvalue weighted by Crippen LogP contribution is -2.23. The molecule has 0 amide bonds. The summed E-state index contributed by atoms with van der Waals surface area (Å²) in [7, 11) is 1.57. The molecule has 0 bridgehead atoms. The molecule has 1 unspecified atom stereocenters. The second kappa shape index (κ2) is 6.50. The number of halogens is 2. The minimum Gasteiger partial charge on any atom is -0.491 e. The molecule has 1 fully saturated rings. The summed E-state index contributed by atoms with van der Waals surface area (Å²) in [5.41, 5.74) is 0. The second-order valence-electron chi connectivity index (χ2n) is 4.35. The summed E-state index contributed by atoms with van der Waals surface area (Å²) in [6.45, 7) is 1.74. The molecule has 1 aromatic rings. The minimum absolute atomic E-state index is 0.471. The Bertz CT molecular complexity index is 406. The van der Waals surface area contributed by atoms with E-state index in [0.717, 1.165) is 13.0 Å². The molecule has 1 heterocycles. The predicted octanol–water partition coefficient (Wildman–Crippen LogP) is 3.52. The van der Waals surface area contributed by atoms with Crippen molar-refractivity contribution in [1.29, 1.82) is 0 Å². The first kappa shape index (κ1) is 13.8. The number of nitrogens with one attached hydrogen (secondary N) is 1. The van der Waals surface area contributed by atoms with E-state index in [2.05, 4.69) is 5.32 Å². The second-order valence-corrected chi connectivity index (χ2v) is 5.19. The van der Waals surface area contributed by atoms with E-state index in [1.807, 2.05) is 0 Å². The number of rotatable bonds is 5. The van der Waals surface area contributed by atoms with Crippen molar-refractivity contribution in [3.05, 3.63) is 22.2 Å². The fourth-order valence-electron chi connectivity index (χ4n) is 2.16. The van der Waals surface area contributed by atoms with Crippen molar-refractivity contribution < 1.29 is 9.47 Å². The van der Waals surface area contributed by atoms with E-state index in [0.29, 0.717) is 34.2 Å². The van der Waals surface area contributed by atoms with Gasteiger partial charge in [0.2, 0.25) is 0 Å². The van der Waals surface area contributed by atoms with Crippen molar-refractivity contribution in [2.45, 2.75) is 25.3 Å². The lowest BCUT2D eigenvalue weighted by molar-refractivity contribution is 0.275. The quantitative estimate of drug-likeness (QED) is 0.900. The third-order valence-corrected chi connectivity index (χ3v) is 3.56. The number of hydrogen-bond acceptors (Lipinski definition) is 3. The molecule has 1 atom stereocenters. The van der Waals surface area contributed by atoms with E-state index in [1.54, 1.807) is 19.2 Å². The number of ether oxygens (including phenoxy) is 2. The molecule has 100 valence electrons. The molecular formula is C13H17Cl2NO2. The molecule has 18 heavy (non-hydrogen) atoms. The van der Waals surface area contributed by atoms with Crippen molar-refractivity contribution in [3.63, 3.8) is 0 Å². The van der Waals surface area contributed by atoms with Gasteiger partial charge in [0, 0.05) is 17.1 Å². The van der Waals surface area contributed by atoms with E-state index < -0.39 is 0 Å². The maximum Gasteiger partial charge on any atom is 0.179 e. The highest BCUT2D eigenvalue weighted by Gasteiger charge is 2.15. The van der Waals surface area contributed by atoms with Gasteiger partial charge in [-0.2, -0.15) is 0 Å². The van der Waals surface area contributed by atoms with Gasteiger partial charge >= 0.3 is 0 Å². The van der Waals surface area contributed by atoms with E-state index >= 15 is 0 Å². The zero-order valence-corrected chi connectivity index (χ0v) is 11.9. The lowest BCUT2D eigenvalue weighted by atomic mass is 10.2. The van der Waals surface area contributed by atoms with Crippen molar-refractivity contribution >= 4 is 23.2 Å². The van der Waals surface area contributed by atoms with E-state index in [4.69, 9.17) is 32.7 Å². The van der Waals surface area contributed by atoms with E-state index in [9.17, 15) is 0 Å². The Morgan fingerprint density at radius 2 is 2.22 bits per heavy atom. The van der Waals surface area contributed by atoms with Crippen LogP contribution in [-0.2, 0) is 0 Å². The largest absolute Gasteiger partial charge is 0.491 e. The van der Waals surface area contributed by atoms with Crippen LogP contribution in [0.15, 0.2) is 12.1 Å². The Morgan fingerprint density at radius 3 is 2.89 bits per heavy atom. The van der Waals surface area contributed by atoms with Gasteiger partial charge in [-0.15, -0.1) is 0 Å². The molecule has 1 aliphatic heterocycles.